The number of hydrogen-bond acceptors (Lipinski definition) is 0. The third kappa shape index (κ3) is 5.32. The molecule has 0 atom stereocenters. The van der Waals surface area contributed by atoms with Crippen molar-refractivity contribution in [2.45, 2.75) is 58.8 Å². The highest BCUT2D eigenvalue weighted by molar-refractivity contribution is 5.71. The first kappa shape index (κ1) is 20.3. The highest BCUT2D eigenvalue weighted by atomic mass is 19.1. The zero-order chi connectivity index (χ0) is 19.8. The van der Waals surface area contributed by atoms with Crippen LogP contribution in [-0.2, 0) is 12.8 Å². The van der Waals surface area contributed by atoms with Gasteiger partial charge < -0.3 is 0 Å². The fraction of sp³-hybridized carbons (Fsp3) is 0.333. The van der Waals surface area contributed by atoms with Crippen molar-refractivity contribution in [1.82, 2.24) is 0 Å². The molecule has 3 aromatic carbocycles. The summed E-state index contributed by atoms with van der Waals surface area (Å²) in [7, 11) is 0. The molecule has 0 N–H and O–H groups in total. The zero-order valence-electron chi connectivity index (χ0n) is 17.2. The molecule has 0 aliphatic rings. The van der Waals surface area contributed by atoms with Crippen LogP contribution in [-0.4, -0.2) is 0 Å². The molecule has 28 heavy (non-hydrogen) atoms. The van der Waals surface area contributed by atoms with Gasteiger partial charge >= 0.3 is 0 Å². The molecule has 0 unspecified atom stereocenters. The highest BCUT2D eigenvalue weighted by Gasteiger charge is 2.08. The Morgan fingerprint density at radius 2 is 1.18 bits per heavy atom. The molecule has 0 saturated carbocycles. The fourth-order valence-electron chi connectivity index (χ4n) is 3.69. The second-order valence-corrected chi connectivity index (χ2v) is 7.65. The first-order valence-electron chi connectivity index (χ1n) is 10.7. The van der Waals surface area contributed by atoms with E-state index >= 15 is 0 Å². The molecular weight excluding hydrogens is 343 g/mol. The summed E-state index contributed by atoms with van der Waals surface area (Å²) in [5.41, 5.74) is 6.27. The Balaban J connectivity index is 1.71. The van der Waals surface area contributed by atoms with Crippen molar-refractivity contribution in [3.05, 3.63) is 83.7 Å². The molecule has 0 aliphatic heterocycles. The van der Waals surface area contributed by atoms with Crippen molar-refractivity contribution in [2.75, 3.05) is 0 Å². The zero-order valence-corrected chi connectivity index (χ0v) is 17.2. The Morgan fingerprint density at radius 3 is 1.79 bits per heavy atom. The SMILES string of the molecule is CCCCCCc1ccc(-c2ccc(-c3ccc(CCC)cc3)cc2F)cc1. The number of aryl methyl sites for hydroxylation is 2. The van der Waals surface area contributed by atoms with Gasteiger partial charge in [0, 0.05) is 5.56 Å². The Bertz CT molecular complexity index is 860. The average Bonchev–Trinajstić information content (AvgIpc) is 2.73. The van der Waals surface area contributed by atoms with E-state index in [1.165, 1.54) is 36.8 Å². The van der Waals surface area contributed by atoms with Crippen molar-refractivity contribution >= 4 is 0 Å². The molecular formula is C27H31F. The van der Waals surface area contributed by atoms with Crippen molar-refractivity contribution in [1.29, 1.82) is 0 Å². The highest BCUT2D eigenvalue weighted by Crippen LogP contribution is 2.28. The molecule has 0 spiro atoms. The molecule has 0 nitrogen and oxygen atoms in total. The van der Waals surface area contributed by atoms with E-state index < -0.39 is 0 Å². The third-order valence-corrected chi connectivity index (χ3v) is 5.38. The van der Waals surface area contributed by atoms with Crippen LogP contribution in [0.15, 0.2) is 66.7 Å². The Kier molecular flexibility index (Phi) is 7.42. The van der Waals surface area contributed by atoms with Gasteiger partial charge in [-0.05, 0) is 53.1 Å². The summed E-state index contributed by atoms with van der Waals surface area (Å²) >= 11 is 0. The lowest BCUT2D eigenvalue weighted by Crippen LogP contribution is -1.89. The van der Waals surface area contributed by atoms with Crippen LogP contribution in [0.3, 0.4) is 0 Å². The minimum absolute atomic E-state index is 0.161. The summed E-state index contributed by atoms with van der Waals surface area (Å²) < 4.78 is 14.8. The molecule has 3 rings (SSSR count). The van der Waals surface area contributed by atoms with Gasteiger partial charge in [0.2, 0.25) is 0 Å². The van der Waals surface area contributed by atoms with Crippen LogP contribution in [0.5, 0.6) is 0 Å². The predicted molar refractivity (Wildman–Crippen MR) is 119 cm³/mol. The van der Waals surface area contributed by atoms with Crippen molar-refractivity contribution in [3.8, 4) is 22.3 Å². The maximum Gasteiger partial charge on any atom is 0.131 e. The van der Waals surface area contributed by atoms with Gasteiger partial charge in [-0.1, -0.05) is 100 Å². The average molecular weight is 375 g/mol. The van der Waals surface area contributed by atoms with Crippen molar-refractivity contribution in [3.63, 3.8) is 0 Å². The van der Waals surface area contributed by atoms with Crippen LogP contribution in [0.4, 0.5) is 4.39 Å². The molecule has 146 valence electrons. The predicted octanol–water partition coefficient (Wildman–Crippen LogP) is 8.24. The smallest absolute Gasteiger partial charge is 0.131 e. The van der Waals surface area contributed by atoms with Gasteiger partial charge in [-0.3, -0.25) is 0 Å². The Hall–Kier alpha value is -2.41. The van der Waals surface area contributed by atoms with Crippen LogP contribution in [0.2, 0.25) is 0 Å². The topological polar surface area (TPSA) is 0 Å². The quantitative estimate of drug-likeness (QED) is 0.331. The lowest BCUT2D eigenvalue weighted by Gasteiger charge is -2.09. The molecule has 0 aromatic heterocycles. The molecule has 0 aliphatic carbocycles. The normalized spacial score (nSPS) is 11.0. The molecule has 0 amide bonds. The van der Waals surface area contributed by atoms with Gasteiger partial charge in [0.1, 0.15) is 5.82 Å². The summed E-state index contributed by atoms with van der Waals surface area (Å²) in [6, 6.07) is 22.4. The first-order chi connectivity index (χ1) is 13.7. The number of hydrogen-bond donors (Lipinski definition) is 0. The Labute approximate surface area is 169 Å². The van der Waals surface area contributed by atoms with E-state index in [0.717, 1.165) is 36.0 Å². The molecule has 0 heterocycles. The lowest BCUT2D eigenvalue weighted by atomic mass is 9.97. The van der Waals surface area contributed by atoms with Crippen LogP contribution < -0.4 is 0 Å². The first-order valence-corrected chi connectivity index (χ1v) is 10.7. The van der Waals surface area contributed by atoms with Gasteiger partial charge in [-0.15, -0.1) is 0 Å². The second kappa shape index (κ2) is 10.2. The maximum atomic E-state index is 14.8. The molecule has 0 saturated heterocycles. The van der Waals surface area contributed by atoms with Gasteiger partial charge in [0.05, 0.1) is 0 Å². The van der Waals surface area contributed by atoms with Crippen molar-refractivity contribution in [2.24, 2.45) is 0 Å². The summed E-state index contributed by atoms with van der Waals surface area (Å²) in [5, 5.41) is 0. The van der Waals surface area contributed by atoms with Crippen LogP contribution in [0.25, 0.3) is 22.3 Å². The van der Waals surface area contributed by atoms with Gasteiger partial charge in [0.25, 0.3) is 0 Å². The number of rotatable bonds is 9. The number of benzene rings is 3. The molecule has 0 bridgehead atoms. The van der Waals surface area contributed by atoms with Crippen molar-refractivity contribution < 1.29 is 4.39 Å². The maximum absolute atomic E-state index is 14.8. The van der Waals surface area contributed by atoms with Crippen LogP contribution in [0.1, 0.15) is 57.1 Å². The number of unbranched alkanes of at least 4 members (excludes halogenated alkanes) is 3. The second-order valence-electron chi connectivity index (χ2n) is 7.65. The van der Waals surface area contributed by atoms with Gasteiger partial charge in [-0.2, -0.15) is 0 Å². The van der Waals surface area contributed by atoms with E-state index in [2.05, 4.69) is 50.2 Å². The van der Waals surface area contributed by atoms with E-state index in [0.29, 0.717) is 5.56 Å². The third-order valence-electron chi connectivity index (χ3n) is 5.38. The van der Waals surface area contributed by atoms with Crippen LogP contribution in [0, 0.1) is 5.82 Å². The van der Waals surface area contributed by atoms with Crippen LogP contribution >= 0.6 is 0 Å². The summed E-state index contributed by atoms with van der Waals surface area (Å²) in [6.45, 7) is 4.41. The number of halogens is 1. The Morgan fingerprint density at radius 1 is 0.571 bits per heavy atom. The molecule has 0 fully saturated rings. The molecule has 0 radical (unpaired) electrons. The summed E-state index contributed by atoms with van der Waals surface area (Å²) in [5.74, 6) is -0.161. The van der Waals surface area contributed by atoms with Gasteiger partial charge in [0.15, 0.2) is 0 Å². The monoisotopic (exact) mass is 374 g/mol. The van der Waals surface area contributed by atoms with E-state index in [-0.39, 0.29) is 5.82 Å². The molecule has 1 heteroatoms. The fourth-order valence-corrected chi connectivity index (χ4v) is 3.69. The van der Waals surface area contributed by atoms with E-state index in [9.17, 15) is 4.39 Å². The molecule has 3 aromatic rings. The minimum Gasteiger partial charge on any atom is -0.206 e. The summed E-state index contributed by atoms with van der Waals surface area (Å²) in [6.07, 6.45) is 8.41. The van der Waals surface area contributed by atoms with E-state index in [4.69, 9.17) is 0 Å². The van der Waals surface area contributed by atoms with Gasteiger partial charge in [-0.25, -0.2) is 4.39 Å². The largest absolute Gasteiger partial charge is 0.206 e. The van der Waals surface area contributed by atoms with E-state index in [1.807, 2.05) is 24.3 Å². The summed E-state index contributed by atoms with van der Waals surface area (Å²) in [4.78, 5) is 0. The minimum atomic E-state index is -0.161. The lowest BCUT2D eigenvalue weighted by molar-refractivity contribution is 0.632. The van der Waals surface area contributed by atoms with E-state index in [1.54, 1.807) is 6.07 Å². The standard InChI is InChI=1S/C27H31F/c1-3-5-6-7-9-22-12-16-24(17-13-22)26-19-18-25(20-27(26)28)23-14-10-21(8-4-2)11-15-23/h10-20H,3-9H2,1-2H3.